The lowest BCUT2D eigenvalue weighted by atomic mass is 10.0. The first-order chi connectivity index (χ1) is 37.0. The fraction of sp³-hybridized carbons (Fsp3) is 0.896. The highest BCUT2D eigenvalue weighted by molar-refractivity contribution is 7.47. The predicted octanol–water partition coefficient (Wildman–Crippen LogP) is 20.9. The molecule has 0 aliphatic heterocycles. The van der Waals surface area contributed by atoms with Gasteiger partial charge >= 0.3 is 7.82 Å². The van der Waals surface area contributed by atoms with Crippen LogP contribution in [-0.4, -0.2) is 73.4 Å². The minimum absolute atomic E-state index is 0.0768. The number of quaternary nitrogens is 1. The number of carbonyl (C=O) groups excluding carboxylic acids is 1. The smallest absolute Gasteiger partial charge is 0.391 e. The largest absolute Gasteiger partial charge is 0.472 e. The van der Waals surface area contributed by atoms with Crippen LogP contribution >= 0.6 is 7.82 Å². The van der Waals surface area contributed by atoms with Gasteiger partial charge in [0.05, 0.1) is 39.9 Å². The van der Waals surface area contributed by atoms with Gasteiger partial charge in [-0.3, -0.25) is 13.8 Å². The van der Waals surface area contributed by atoms with Gasteiger partial charge in [0.2, 0.25) is 5.91 Å². The number of nitrogens with zero attached hydrogens (tertiary/aromatic N) is 1. The van der Waals surface area contributed by atoms with E-state index >= 15 is 0 Å². The molecule has 0 aromatic carbocycles. The zero-order valence-electron chi connectivity index (χ0n) is 51.5. The van der Waals surface area contributed by atoms with Gasteiger partial charge in [-0.05, 0) is 51.4 Å². The van der Waals surface area contributed by atoms with E-state index in [0.29, 0.717) is 23.9 Å². The van der Waals surface area contributed by atoms with Crippen LogP contribution in [0.15, 0.2) is 36.5 Å². The van der Waals surface area contributed by atoms with Crippen molar-refractivity contribution in [3.05, 3.63) is 36.5 Å². The molecule has 0 aliphatic carbocycles. The topological polar surface area (TPSA) is 105 Å². The summed E-state index contributed by atoms with van der Waals surface area (Å²) in [7, 11) is 1.63. The molecule has 0 spiro atoms. The number of hydrogen-bond donors (Lipinski definition) is 3. The number of phosphoric acid groups is 1. The molecule has 0 heterocycles. The van der Waals surface area contributed by atoms with Gasteiger partial charge < -0.3 is 19.8 Å². The maximum Gasteiger partial charge on any atom is 0.472 e. The summed E-state index contributed by atoms with van der Waals surface area (Å²) < 4.78 is 23.9. The molecular formula is C67H132N2O6P+. The van der Waals surface area contributed by atoms with Crippen LogP contribution in [-0.2, 0) is 18.4 Å². The summed E-state index contributed by atoms with van der Waals surface area (Å²) in [6.45, 7) is 4.92. The molecular weight excluding hydrogens is 960 g/mol. The number of phosphoric ester groups is 1. The van der Waals surface area contributed by atoms with Crippen molar-refractivity contribution < 1.29 is 32.9 Å². The Bertz CT molecular complexity index is 1330. The molecule has 8 nitrogen and oxygen atoms in total. The van der Waals surface area contributed by atoms with Crippen LogP contribution in [0.5, 0.6) is 0 Å². The van der Waals surface area contributed by atoms with Crippen molar-refractivity contribution in [1.29, 1.82) is 0 Å². The number of hydrogen-bond acceptors (Lipinski definition) is 5. The third-order valence-electron chi connectivity index (χ3n) is 15.4. The van der Waals surface area contributed by atoms with Crippen molar-refractivity contribution in [3.63, 3.8) is 0 Å². The number of aliphatic hydroxyl groups is 1. The highest BCUT2D eigenvalue weighted by atomic mass is 31.2. The number of likely N-dealkylation sites (N-methyl/N-ethyl adjacent to an activating group) is 1. The van der Waals surface area contributed by atoms with Gasteiger partial charge in [0.1, 0.15) is 13.2 Å². The number of nitrogens with one attached hydrogen (secondary N) is 1. The van der Waals surface area contributed by atoms with E-state index in [9.17, 15) is 19.4 Å². The number of allylic oxidation sites excluding steroid dienone is 6. The Balaban J connectivity index is 3.97. The normalized spacial score (nSPS) is 13.9. The molecule has 0 rings (SSSR count). The molecule has 0 saturated heterocycles. The molecule has 0 bridgehead atoms. The SMILES string of the molecule is CCCCCCC/C=C\C/C=C\C/C=C\CCCCCCCCCCCCCCCCCCCCCCC(=O)NC(COP(=O)(O)OCC[N+](C)(C)C)C(O)CCCCCCCCCCCCCCCCCCCCC. The summed E-state index contributed by atoms with van der Waals surface area (Å²) in [6, 6.07) is -0.760. The maximum atomic E-state index is 13.0. The lowest BCUT2D eigenvalue weighted by Gasteiger charge is -2.26. The summed E-state index contributed by atoms with van der Waals surface area (Å²) in [5, 5.41) is 14.1. The summed E-state index contributed by atoms with van der Waals surface area (Å²) >= 11 is 0. The first-order valence-corrected chi connectivity index (χ1v) is 34.8. The molecule has 1 amide bonds. The highest BCUT2D eigenvalue weighted by Crippen LogP contribution is 2.43. The Hall–Kier alpha value is -1.28. The van der Waals surface area contributed by atoms with Crippen LogP contribution in [0, 0.1) is 0 Å². The van der Waals surface area contributed by atoms with E-state index < -0.39 is 20.0 Å². The molecule has 0 fully saturated rings. The van der Waals surface area contributed by atoms with E-state index in [1.54, 1.807) is 0 Å². The van der Waals surface area contributed by atoms with Gasteiger partial charge in [-0.15, -0.1) is 0 Å². The lowest BCUT2D eigenvalue weighted by molar-refractivity contribution is -0.870. The number of amides is 1. The van der Waals surface area contributed by atoms with Crippen LogP contribution in [0.1, 0.15) is 335 Å². The van der Waals surface area contributed by atoms with Crippen molar-refractivity contribution in [2.75, 3.05) is 40.9 Å². The average molecular weight is 1090 g/mol. The van der Waals surface area contributed by atoms with Crippen LogP contribution in [0.2, 0.25) is 0 Å². The van der Waals surface area contributed by atoms with Gasteiger partial charge in [0, 0.05) is 6.42 Å². The van der Waals surface area contributed by atoms with Crippen molar-refractivity contribution in [1.82, 2.24) is 5.32 Å². The van der Waals surface area contributed by atoms with Crippen LogP contribution in [0.3, 0.4) is 0 Å². The first kappa shape index (κ1) is 74.7. The maximum absolute atomic E-state index is 13.0. The first-order valence-electron chi connectivity index (χ1n) is 33.4. The average Bonchev–Trinajstić information content (AvgIpc) is 3.38. The van der Waals surface area contributed by atoms with E-state index in [2.05, 4.69) is 55.6 Å². The van der Waals surface area contributed by atoms with Crippen molar-refractivity contribution in [2.24, 2.45) is 0 Å². The van der Waals surface area contributed by atoms with Crippen LogP contribution in [0.25, 0.3) is 0 Å². The molecule has 450 valence electrons. The molecule has 0 aromatic rings. The molecule has 0 aromatic heterocycles. The van der Waals surface area contributed by atoms with E-state index in [4.69, 9.17) is 9.05 Å². The summed E-state index contributed by atoms with van der Waals surface area (Å²) in [6.07, 6.45) is 76.6. The zero-order chi connectivity index (χ0) is 55.6. The minimum Gasteiger partial charge on any atom is -0.391 e. The predicted molar refractivity (Wildman–Crippen MR) is 332 cm³/mol. The third kappa shape index (κ3) is 60.4. The monoisotopic (exact) mass is 1090 g/mol. The van der Waals surface area contributed by atoms with Crippen molar-refractivity contribution in [3.8, 4) is 0 Å². The second-order valence-electron chi connectivity index (χ2n) is 24.2. The summed E-state index contributed by atoms with van der Waals surface area (Å²) in [4.78, 5) is 23.4. The van der Waals surface area contributed by atoms with Gasteiger partial charge in [0.25, 0.3) is 0 Å². The second-order valence-corrected chi connectivity index (χ2v) is 25.7. The molecule has 0 radical (unpaired) electrons. The van der Waals surface area contributed by atoms with Gasteiger partial charge in [-0.25, -0.2) is 4.57 Å². The van der Waals surface area contributed by atoms with E-state index in [1.165, 1.54) is 257 Å². The second kappa shape index (κ2) is 58.4. The van der Waals surface area contributed by atoms with Gasteiger partial charge in [-0.1, -0.05) is 314 Å². The quantitative estimate of drug-likeness (QED) is 0.0243. The van der Waals surface area contributed by atoms with Crippen LogP contribution in [0.4, 0.5) is 0 Å². The molecule has 3 unspecified atom stereocenters. The Morgan fingerprint density at radius 1 is 0.447 bits per heavy atom. The lowest BCUT2D eigenvalue weighted by Crippen LogP contribution is -2.46. The summed E-state index contributed by atoms with van der Waals surface area (Å²) in [5.41, 5.74) is 0. The molecule has 3 N–H and O–H groups in total. The highest BCUT2D eigenvalue weighted by Gasteiger charge is 2.28. The van der Waals surface area contributed by atoms with E-state index in [0.717, 1.165) is 51.4 Å². The fourth-order valence-corrected chi connectivity index (χ4v) is 10.9. The molecule has 76 heavy (non-hydrogen) atoms. The number of carbonyl (C=O) groups is 1. The zero-order valence-corrected chi connectivity index (χ0v) is 52.4. The standard InChI is InChI=1S/C67H131N2O6P/c1-6-8-10-12-14-16-18-20-22-24-26-27-28-29-30-31-32-33-34-35-36-37-38-39-40-41-43-45-47-49-51-53-55-57-59-61-67(71)68-65(64-75-76(72,73)74-63-62-69(3,4)5)66(70)60-58-56-54-52-50-48-46-44-42-25-23-21-19-17-15-13-11-9-7-2/h18,20,24,26,28-29,65-66,70H,6-17,19,21-23,25,27,30-64H2,1-5H3,(H-,68,71,72,73)/p+1/b20-18-,26-24-,29-28-. The molecule has 9 heteroatoms. The Morgan fingerprint density at radius 2 is 0.750 bits per heavy atom. The fourth-order valence-electron chi connectivity index (χ4n) is 10.2. The minimum atomic E-state index is -4.32. The Morgan fingerprint density at radius 3 is 1.09 bits per heavy atom. The Kier molecular flexibility index (Phi) is 57.4. The Labute approximate surface area is 474 Å². The molecule has 0 aliphatic rings. The van der Waals surface area contributed by atoms with Crippen LogP contribution < -0.4 is 5.32 Å². The van der Waals surface area contributed by atoms with Gasteiger partial charge in [-0.2, -0.15) is 0 Å². The number of unbranched alkanes of at least 4 members (excludes halogenated alkanes) is 43. The summed E-state index contributed by atoms with van der Waals surface area (Å²) in [5.74, 6) is -0.138. The number of rotatable bonds is 62. The molecule has 0 saturated carbocycles. The van der Waals surface area contributed by atoms with Gasteiger partial charge in [0.15, 0.2) is 0 Å². The third-order valence-corrected chi connectivity index (χ3v) is 16.4. The molecule has 3 atom stereocenters. The van der Waals surface area contributed by atoms with E-state index in [-0.39, 0.29) is 19.1 Å². The number of aliphatic hydroxyl groups excluding tert-OH is 1. The van der Waals surface area contributed by atoms with Crippen molar-refractivity contribution >= 4 is 13.7 Å². The van der Waals surface area contributed by atoms with E-state index in [1.807, 2.05) is 21.1 Å². The van der Waals surface area contributed by atoms with Crippen molar-refractivity contribution in [2.45, 2.75) is 347 Å².